The summed E-state index contributed by atoms with van der Waals surface area (Å²) in [7, 11) is 3.88. The van der Waals surface area contributed by atoms with E-state index in [0.717, 1.165) is 22.3 Å². The van der Waals surface area contributed by atoms with Gasteiger partial charge in [0.2, 0.25) is 0 Å². The molecule has 0 spiro atoms. The topological polar surface area (TPSA) is 55.6 Å². The average molecular weight is 249 g/mol. The number of aryl methyl sites for hydroxylation is 2. The summed E-state index contributed by atoms with van der Waals surface area (Å²) in [5.74, 6) is 0. The van der Waals surface area contributed by atoms with Gasteiger partial charge in [-0.1, -0.05) is 0 Å². The van der Waals surface area contributed by atoms with Crippen LogP contribution >= 0.6 is 11.8 Å². The lowest BCUT2D eigenvalue weighted by Crippen LogP contribution is -2.06. The molecule has 0 unspecified atom stereocenters. The van der Waals surface area contributed by atoms with Crippen molar-refractivity contribution in [2.75, 3.05) is 7.05 Å². The van der Waals surface area contributed by atoms with E-state index in [4.69, 9.17) is 0 Å². The van der Waals surface area contributed by atoms with Gasteiger partial charge in [-0.15, -0.1) is 0 Å². The Hall–Kier alpha value is -1.40. The molecule has 0 aliphatic carbocycles. The first-order chi connectivity index (χ1) is 8.22. The molecular formula is C11H15N5S. The van der Waals surface area contributed by atoms with Crippen LogP contribution in [-0.2, 0) is 13.6 Å². The Morgan fingerprint density at radius 3 is 2.88 bits per heavy atom. The fourth-order valence-corrected chi connectivity index (χ4v) is 2.57. The van der Waals surface area contributed by atoms with Crippen LogP contribution in [0.15, 0.2) is 28.6 Å². The van der Waals surface area contributed by atoms with Crippen molar-refractivity contribution in [1.29, 1.82) is 0 Å². The van der Waals surface area contributed by atoms with Crippen LogP contribution in [0.3, 0.4) is 0 Å². The van der Waals surface area contributed by atoms with Crippen LogP contribution in [0.5, 0.6) is 0 Å². The average Bonchev–Trinajstić information content (AvgIpc) is 2.58. The van der Waals surface area contributed by atoms with Crippen molar-refractivity contribution in [1.82, 2.24) is 25.1 Å². The summed E-state index contributed by atoms with van der Waals surface area (Å²) < 4.78 is 1.89. The van der Waals surface area contributed by atoms with Crippen LogP contribution in [0.4, 0.5) is 0 Å². The first-order valence-corrected chi connectivity index (χ1v) is 6.15. The van der Waals surface area contributed by atoms with Gasteiger partial charge in [0, 0.05) is 31.5 Å². The van der Waals surface area contributed by atoms with E-state index in [1.54, 1.807) is 30.4 Å². The van der Waals surface area contributed by atoms with Crippen molar-refractivity contribution in [2.45, 2.75) is 23.5 Å². The van der Waals surface area contributed by atoms with Gasteiger partial charge >= 0.3 is 0 Å². The molecule has 5 nitrogen and oxygen atoms in total. The monoisotopic (exact) mass is 249 g/mol. The van der Waals surface area contributed by atoms with E-state index < -0.39 is 0 Å². The summed E-state index contributed by atoms with van der Waals surface area (Å²) in [6.45, 7) is 2.83. The lowest BCUT2D eigenvalue weighted by Gasteiger charge is -2.04. The molecule has 0 amide bonds. The Morgan fingerprint density at radius 1 is 1.41 bits per heavy atom. The van der Waals surface area contributed by atoms with Crippen LogP contribution in [0.1, 0.15) is 11.3 Å². The molecule has 17 heavy (non-hydrogen) atoms. The van der Waals surface area contributed by atoms with Crippen LogP contribution < -0.4 is 5.32 Å². The summed E-state index contributed by atoms with van der Waals surface area (Å²) in [6.07, 6.45) is 5.13. The van der Waals surface area contributed by atoms with Gasteiger partial charge < -0.3 is 5.32 Å². The maximum absolute atomic E-state index is 4.43. The van der Waals surface area contributed by atoms with Gasteiger partial charge in [-0.3, -0.25) is 9.67 Å². The highest BCUT2D eigenvalue weighted by Gasteiger charge is 2.14. The molecule has 0 bridgehead atoms. The molecule has 2 aromatic rings. The third-order valence-corrected chi connectivity index (χ3v) is 3.51. The minimum Gasteiger partial charge on any atom is -0.316 e. The van der Waals surface area contributed by atoms with E-state index in [0.29, 0.717) is 0 Å². The van der Waals surface area contributed by atoms with Crippen molar-refractivity contribution in [3.8, 4) is 0 Å². The molecule has 6 heteroatoms. The summed E-state index contributed by atoms with van der Waals surface area (Å²) in [5, 5.41) is 9.59. The minimum atomic E-state index is 0.808. The van der Waals surface area contributed by atoms with Gasteiger partial charge in [0.1, 0.15) is 10.1 Å². The Bertz CT molecular complexity index is 494. The van der Waals surface area contributed by atoms with Crippen LogP contribution in [-0.4, -0.2) is 26.8 Å². The zero-order chi connectivity index (χ0) is 12.3. The molecule has 0 saturated carbocycles. The van der Waals surface area contributed by atoms with E-state index in [-0.39, 0.29) is 0 Å². The molecular weight excluding hydrogens is 234 g/mol. The number of rotatable bonds is 4. The molecule has 0 atom stereocenters. The lowest BCUT2D eigenvalue weighted by molar-refractivity contribution is 0.683. The van der Waals surface area contributed by atoms with Gasteiger partial charge in [0.15, 0.2) is 0 Å². The number of aromatic nitrogens is 4. The van der Waals surface area contributed by atoms with Crippen molar-refractivity contribution in [3.05, 3.63) is 29.8 Å². The normalized spacial score (nSPS) is 10.8. The SMILES string of the molecule is CNCc1c(C)nn(C)c1Sc1cnccn1. The third kappa shape index (κ3) is 2.65. The Morgan fingerprint density at radius 2 is 2.24 bits per heavy atom. The molecule has 0 fully saturated rings. The maximum atomic E-state index is 4.43. The van der Waals surface area contributed by atoms with Gasteiger partial charge in [0.25, 0.3) is 0 Å². The van der Waals surface area contributed by atoms with Crippen molar-refractivity contribution >= 4 is 11.8 Å². The highest BCUT2D eigenvalue weighted by Crippen LogP contribution is 2.29. The van der Waals surface area contributed by atoms with Crippen LogP contribution in [0.2, 0.25) is 0 Å². The summed E-state index contributed by atoms with van der Waals surface area (Å²) in [4.78, 5) is 8.33. The summed E-state index contributed by atoms with van der Waals surface area (Å²) in [6, 6.07) is 0. The van der Waals surface area contributed by atoms with E-state index >= 15 is 0 Å². The van der Waals surface area contributed by atoms with Crippen LogP contribution in [0.25, 0.3) is 0 Å². The fraction of sp³-hybridized carbons (Fsp3) is 0.364. The number of nitrogens with one attached hydrogen (secondary N) is 1. The fourth-order valence-electron chi connectivity index (χ4n) is 1.63. The van der Waals surface area contributed by atoms with Gasteiger partial charge in [-0.05, 0) is 25.7 Å². The molecule has 2 heterocycles. The highest BCUT2D eigenvalue weighted by molar-refractivity contribution is 7.99. The summed E-state index contributed by atoms with van der Waals surface area (Å²) >= 11 is 1.59. The predicted molar refractivity (Wildman–Crippen MR) is 66.9 cm³/mol. The number of nitrogens with zero attached hydrogens (tertiary/aromatic N) is 4. The quantitative estimate of drug-likeness (QED) is 0.887. The van der Waals surface area contributed by atoms with E-state index in [1.807, 2.05) is 25.7 Å². The van der Waals surface area contributed by atoms with Crippen molar-refractivity contribution in [3.63, 3.8) is 0 Å². The molecule has 0 aliphatic rings. The zero-order valence-corrected chi connectivity index (χ0v) is 11.0. The first-order valence-electron chi connectivity index (χ1n) is 5.33. The second-order valence-electron chi connectivity index (χ2n) is 3.67. The standard InChI is InChI=1S/C11H15N5S/c1-8-9(6-12-2)11(16(3)15-8)17-10-7-13-4-5-14-10/h4-5,7,12H,6H2,1-3H3. The first kappa shape index (κ1) is 12.1. The maximum Gasteiger partial charge on any atom is 0.121 e. The smallest absolute Gasteiger partial charge is 0.121 e. The van der Waals surface area contributed by atoms with Crippen LogP contribution in [0, 0.1) is 6.92 Å². The molecule has 0 aliphatic heterocycles. The molecule has 2 aromatic heterocycles. The van der Waals surface area contributed by atoms with E-state index in [1.165, 1.54) is 5.56 Å². The highest BCUT2D eigenvalue weighted by atomic mass is 32.2. The largest absolute Gasteiger partial charge is 0.316 e. The molecule has 1 N–H and O–H groups in total. The Labute approximate surface area is 105 Å². The van der Waals surface area contributed by atoms with Crippen molar-refractivity contribution in [2.24, 2.45) is 7.05 Å². The van der Waals surface area contributed by atoms with E-state index in [2.05, 4.69) is 20.4 Å². The third-order valence-electron chi connectivity index (χ3n) is 2.38. The van der Waals surface area contributed by atoms with Gasteiger partial charge in [0.05, 0.1) is 11.9 Å². The summed E-state index contributed by atoms with van der Waals surface area (Å²) in [5.41, 5.74) is 2.26. The lowest BCUT2D eigenvalue weighted by atomic mass is 10.3. The molecule has 0 aromatic carbocycles. The Kier molecular flexibility index (Phi) is 3.75. The molecule has 2 rings (SSSR count). The predicted octanol–water partition coefficient (Wildman–Crippen LogP) is 1.39. The molecule has 90 valence electrons. The molecule has 0 saturated heterocycles. The van der Waals surface area contributed by atoms with Crippen molar-refractivity contribution < 1.29 is 0 Å². The Balaban J connectivity index is 2.31. The molecule has 0 radical (unpaired) electrons. The van der Waals surface area contributed by atoms with Gasteiger partial charge in [-0.25, -0.2) is 4.98 Å². The minimum absolute atomic E-state index is 0.808. The van der Waals surface area contributed by atoms with Gasteiger partial charge in [-0.2, -0.15) is 5.10 Å². The second-order valence-corrected chi connectivity index (χ2v) is 4.68. The number of hydrogen-bond acceptors (Lipinski definition) is 5. The second kappa shape index (κ2) is 5.29. The van der Waals surface area contributed by atoms with E-state index in [9.17, 15) is 0 Å². The zero-order valence-electron chi connectivity index (χ0n) is 10.1. The number of hydrogen-bond donors (Lipinski definition) is 1.